The van der Waals surface area contributed by atoms with Gasteiger partial charge in [0.1, 0.15) is 18.1 Å². The molecule has 1 unspecified atom stereocenters. The van der Waals surface area contributed by atoms with Crippen molar-refractivity contribution >= 4 is 11.9 Å². The summed E-state index contributed by atoms with van der Waals surface area (Å²) in [6.07, 6.45) is 3.02. The zero-order valence-electron chi connectivity index (χ0n) is 12.1. The molecular formula is C14H16N4O4. The van der Waals surface area contributed by atoms with E-state index < -0.39 is 5.97 Å². The van der Waals surface area contributed by atoms with Gasteiger partial charge in [0.05, 0.1) is 12.2 Å². The van der Waals surface area contributed by atoms with Crippen LogP contribution in [0.15, 0.2) is 22.7 Å². The summed E-state index contributed by atoms with van der Waals surface area (Å²) in [4.78, 5) is 25.0. The first-order chi connectivity index (χ1) is 10.5. The summed E-state index contributed by atoms with van der Waals surface area (Å²) in [5.41, 5.74) is -0.174. The Kier molecular flexibility index (Phi) is 3.66. The highest BCUT2D eigenvalue weighted by Crippen LogP contribution is 2.33. The average Bonchev–Trinajstić information content (AvgIpc) is 3.16. The number of carbonyl (C=O) groups is 2. The van der Waals surface area contributed by atoms with E-state index in [0.717, 1.165) is 24.4 Å². The Morgan fingerprint density at radius 3 is 2.91 bits per heavy atom. The van der Waals surface area contributed by atoms with Gasteiger partial charge in [-0.2, -0.15) is 0 Å². The summed E-state index contributed by atoms with van der Waals surface area (Å²) in [6.45, 7) is 2.49. The Balaban J connectivity index is 1.71. The lowest BCUT2D eigenvalue weighted by Gasteiger charge is -2.23. The molecule has 116 valence electrons. The fourth-order valence-corrected chi connectivity index (χ4v) is 2.70. The number of carboxylic acids is 1. The highest BCUT2D eigenvalue weighted by molar-refractivity contribution is 5.84. The minimum absolute atomic E-state index is 0.0313. The van der Waals surface area contributed by atoms with Crippen LogP contribution < -0.4 is 0 Å². The smallest absolute Gasteiger partial charge is 0.358 e. The SMILES string of the molecule is Cc1ccc(C2CCCN2C(=O)Cn2cc(C(=O)O)nn2)o1. The van der Waals surface area contributed by atoms with E-state index in [2.05, 4.69) is 10.3 Å². The van der Waals surface area contributed by atoms with Gasteiger partial charge in [-0.05, 0) is 31.9 Å². The third-order valence-electron chi connectivity index (χ3n) is 3.72. The molecule has 8 heteroatoms. The number of carbonyl (C=O) groups excluding carboxylic acids is 1. The molecule has 1 N–H and O–H groups in total. The standard InChI is InChI=1S/C14H16N4O4/c1-9-4-5-12(22-9)11-3-2-6-18(11)13(19)8-17-7-10(14(20)21)15-16-17/h4-5,7,11H,2-3,6,8H2,1H3,(H,20,21). The van der Waals surface area contributed by atoms with Crippen LogP contribution in [-0.4, -0.2) is 43.4 Å². The lowest BCUT2D eigenvalue weighted by atomic mass is 10.1. The van der Waals surface area contributed by atoms with Crippen molar-refractivity contribution in [3.05, 3.63) is 35.5 Å². The molecule has 0 spiro atoms. The summed E-state index contributed by atoms with van der Waals surface area (Å²) >= 11 is 0. The van der Waals surface area contributed by atoms with Crippen LogP contribution in [0.5, 0.6) is 0 Å². The van der Waals surface area contributed by atoms with Crippen LogP contribution in [0.1, 0.15) is 40.9 Å². The third-order valence-corrected chi connectivity index (χ3v) is 3.72. The van der Waals surface area contributed by atoms with Crippen molar-refractivity contribution in [1.82, 2.24) is 19.9 Å². The number of aryl methyl sites for hydroxylation is 1. The molecular weight excluding hydrogens is 288 g/mol. The number of aromatic carboxylic acids is 1. The molecule has 1 amide bonds. The molecule has 1 aliphatic heterocycles. The van der Waals surface area contributed by atoms with Crippen molar-refractivity contribution in [2.45, 2.75) is 32.4 Å². The number of carboxylic acid groups (broad SMARTS) is 1. The van der Waals surface area contributed by atoms with Gasteiger partial charge in [0.2, 0.25) is 5.91 Å². The summed E-state index contributed by atoms with van der Waals surface area (Å²) in [5.74, 6) is 0.312. The van der Waals surface area contributed by atoms with Gasteiger partial charge in [-0.3, -0.25) is 4.79 Å². The van der Waals surface area contributed by atoms with Crippen molar-refractivity contribution in [3.8, 4) is 0 Å². The van der Waals surface area contributed by atoms with Crippen LogP contribution in [0, 0.1) is 6.92 Å². The Morgan fingerprint density at radius 2 is 2.27 bits per heavy atom. The second kappa shape index (κ2) is 5.63. The van der Waals surface area contributed by atoms with Gasteiger partial charge in [0.25, 0.3) is 0 Å². The molecule has 3 heterocycles. The second-order valence-corrected chi connectivity index (χ2v) is 5.30. The fourth-order valence-electron chi connectivity index (χ4n) is 2.70. The van der Waals surface area contributed by atoms with E-state index in [9.17, 15) is 9.59 Å². The van der Waals surface area contributed by atoms with Gasteiger partial charge in [0, 0.05) is 6.54 Å². The molecule has 0 bridgehead atoms. The number of amides is 1. The Bertz CT molecular complexity index is 705. The minimum Gasteiger partial charge on any atom is -0.476 e. The van der Waals surface area contributed by atoms with Gasteiger partial charge < -0.3 is 14.4 Å². The fraction of sp³-hybridized carbons (Fsp3) is 0.429. The maximum Gasteiger partial charge on any atom is 0.358 e. The first-order valence-corrected chi connectivity index (χ1v) is 7.04. The molecule has 2 aromatic heterocycles. The van der Waals surface area contributed by atoms with Crippen LogP contribution in [0.2, 0.25) is 0 Å². The number of nitrogens with zero attached hydrogens (tertiary/aromatic N) is 4. The summed E-state index contributed by atoms with van der Waals surface area (Å²) in [6, 6.07) is 3.71. The van der Waals surface area contributed by atoms with E-state index in [1.165, 1.54) is 10.9 Å². The molecule has 0 aliphatic carbocycles. The van der Waals surface area contributed by atoms with E-state index in [0.29, 0.717) is 6.54 Å². The molecule has 3 rings (SSSR count). The average molecular weight is 304 g/mol. The van der Waals surface area contributed by atoms with E-state index >= 15 is 0 Å². The molecule has 8 nitrogen and oxygen atoms in total. The van der Waals surface area contributed by atoms with Crippen LogP contribution in [0.3, 0.4) is 0 Å². The summed E-state index contributed by atoms with van der Waals surface area (Å²) in [5, 5.41) is 16.0. The predicted octanol–water partition coefficient (Wildman–Crippen LogP) is 1.24. The van der Waals surface area contributed by atoms with Crippen LogP contribution in [0.25, 0.3) is 0 Å². The number of rotatable bonds is 4. The molecule has 2 aromatic rings. The lowest BCUT2D eigenvalue weighted by molar-refractivity contribution is -0.133. The third kappa shape index (κ3) is 2.72. The van der Waals surface area contributed by atoms with Gasteiger partial charge in [-0.1, -0.05) is 5.21 Å². The van der Waals surface area contributed by atoms with E-state index in [-0.39, 0.29) is 24.2 Å². The molecule has 1 atom stereocenters. The number of furan rings is 1. The summed E-state index contributed by atoms with van der Waals surface area (Å²) < 4.78 is 6.87. The second-order valence-electron chi connectivity index (χ2n) is 5.30. The molecule has 0 aromatic carbocycles. The van der Waals surface area contributed by atoms with Crippen molar-refractivity contribution in [2.24, 2.45) is 0 Å². The summed E-state index contributed by atoms with van der Waals surface area (Å²) in [7, 11) is 0. The van der Waals surface area contributed by atoms with Crippen molar-refractivity contribution in [1.29, 1.82) is 0 Å². The van der Waals surface area contributed by atoms with Gasteiger partial charge in [0.15, 0.2) is 5.69 Å². The number of aromatic nitrogens is 3. The molecule has 1 saturated heterocycles. The van der Waals surface area contributed by atoms with Crippen LogP contribution >= 0.6 is 0 Å². The van der Waals surface area contributed by atoms with E-state index in [4.69, 9.17) is 9.52 Å². The highest BCUT2D eigenvalue weighted by Gasteiger charge is 2.32. The Labute approximate surface area is 126 Å². The number of hydrogen-bond acceptors (Lipinski definition) is 5. The van der Waals surface area contributed by atoms with Gasteiger partial charge in [-0.25, -0.2) is 9.48 Å². The largest absolute Gasteiger partial charge is 0.476 e. The Morgan fingerprint density at radius 1 is 1.45 bits per heavy atom. The van der Waals surface area contributed by atoms with Gasteiger partial charge in [-0.15, -0.1) is 5.10 Å². The van der Waals surface area contributed by atoms with Crippen molar-refractivity contribution in [2.75, 3.05) is 6.54 Å². The highest BCUT2D eigenvalue weighted by atomic mass is 16.4. The minimum atomic E-state index is -1.16. The first-order valence-electron chi connectivity index (χ1n) is 7.04. The monoisotopic (exact) mass is 304 g/mol. The van der Waals surface area contributed by atoms with Gasteiger partial charge >= 0.3 is 5.97 Å². The van der Waals surface area contributed by atoms with Crippen LogP contribution in [0.4, 0.5) is 0 Å². The quantitative estimate of drug-likeness (QED) is 0.912. The number of likely N-dealkylation sites (tertiary alicyclic amines) is 1. The molecule has 22 heavy (non-hydrogen) atoms. The van der Waals surface area contributed by atoms with Crippen molar-refractivity contribution in [3.63, 3.8) is 0 Å². The number of hydrogen-bond donors (Lipinski definition) is 1. The predicted molar refractivity (Wildman–Crippen MR) is 74.1 cm³/mol. The zero-order chi connectivity index (χ0) is 15.7. The topological polar surface area (TPSA) is 101 Å². The Hall–Kier alpha value is -2.64. The zero-order valence-corrected chi connectivity index (χ0v) is 12.1. The van der Waals surface area contributed by atoms with E-state index in [1.807, 2.05) is 19.1 Å². The normalized spacial score (nSPS) is 17.9. The maximum atomic E-state index is 12.4. The van der Waals surface area contributed by atoms with E-state index in [1.54, 1.807) is 4.90 Å². The van der Waals surface area contributed by atoms with Crippen molar-refractivity contribution < 1.29 is 19.1 Å². The molecule has 0 saturated carbocycles. The maximum absolute atomic E-state index is 12.4. The molecule has 1 fully saturated rings. The van der Waals surface area contributed by atoms with Crippen LogP contribution in [-0.2, 0) is 11.3 Å². The lowest BCUT2D eigenvalue weighted by Crippen LogP contribution is -2.33. The molecule has 0 radical (unpaired) electrons. The first kappa shape index (κ1) is 14.3. The molecule has 1 aliphatic rings.